The van der Waals surface area contributed by atoms with Crippen molar-refractivity contribution >= 4 is 23.0 Å². The summed E-state index contributed by atoms with van der Waals surface area (Å²) in [6.07, 6.45) is 1.89. The van der Waals surface area contributed by atoms with Gasteiger partial charge in [0.15, 0.2) is 0 Å². The molecule has 2 aliphatic rings. The number of nitrogens with one attached hydrogen (secondary N) is 1. The normalized spacial score (nSPS) is 32.0. The highest BCUT2D eigenvalue weighted by Crippen LogP contribution is 2.71. The average Bonchev–Trinajstić information content (AvgIpc) is 2.85. The van der Waals surface area contributed by atoms with Gasteiger partial charge in [-0.1, -0.05) is 32.0 Å². The molecule has 1 aromatic rings. The number of fused-ring (bicyclic) bond motifs is 2. The van der Waals surface area contributed by atoms with Crippen LogP contribution in [0.15, 0.2) is 29.4 Å². The van der Waals surface area contributed by atoms with Gasteiger partial charge in [0.1, 0.15) is 0 Å². The Kier molecular flexibility index (Phi) is 3.44. The molecule has 128 valence electrons. The Morgan fingerprint density at radius 1 is 1.33 bits per heavy atom. The Morgan fingerprint density at radius 2 is 2.04 bits per heavy atom. The molecule has 3 rings (SSSR count). The number of rotatable bonds is 3. The van der Waals surface area contributed by atoms with Crippen LogP contribution in [-0.4, -0.2) is 21.7 Å². The van der Waals surface area contributed by atoms with Gasteiger partial charge in [-0.15, -0.1) is 0 Å². The lowest BCUT2D eigenvalue weighted by Gasteiger charge is -2.39. The van der Waals surface area contributed by atoms with E-state index in [0.717, 1.165) is 6.42 Å². The number of carbonyl (C=O) groups excluding carboxylic acids is 1. The Bertz CT molecular complexity index is 758. The molecule has 24 heavy (non-hydrogen) atoms. The Labute approximate surface area is 139 Å². The summed E-state index contributed by atoms with van der Waals surface area (Å²) in [7, 11) is 0. The predicted molar refractivity (Wildman–Crippen MR) is 89.1 cm³/mol. The molecule has 0 spiro atoms. The van der Waals surface area contributed by atoms with Crippen molar-refractivity contribution in [3.05, 3.63) is 34.4 Å². The van der Waals surface area contributed by atoms with E-state index in [4.69, 9.17) is 0 Å². The largest absolute Gasteiger partial charge is 0.411 e. The van der Waals surface area contributed by atoms with Crippen molar-refractivity contribution in [2.24, 2.45) is 21.4 Å². The monoisotopic (exact) mass is 331 g/mol. The van der Waals surface area contributed by atoms with Gasteiger partial charge in [-0.2, -0.15) is 0 Å². The number of nitrogens with zero attached hydrogens (tertiary/aromatic N) is 2. The van der Waals surface area contributed by atoms with E-state index in [2.05, 4.69) is 10.5 Å². The first-order chi connectivity index (χ1) is 11.2. The SMILES string of the molecule is CC12CCC(C(=O)Nc3cccc([N+](=O)[O-])c3)(C/C1=N\O)C2(C)C. The Morgan fingerprint density at radius 3 is 2.62 bits per heavy atom. The molecule has 2 N–H and O–H groups in total. The van der Waals surface area contributed by atoms with Crippen LogP contribution < -0.4 is 5.32 Å². The number of oxime groups is 1. The van der Waals surface area contributed by atoms with Crippen LogP contribution in [0.4, 0.5) is 11.4 Å². The summed E-state index contributed by atoms with van der Waals surface area (Å²) in [5.74, 6) is -0.171. The molecular weight excluding hydrogens is 310 g/mol. The quantitative estimate of drug-likeness (QED) is 0.501. The van der Waals surface area contributed by atoms with Gasteiger partial charge < -0.3 is 10.5 Å². The van der Waals surface area contributed by atoms with Crippen LogP contribution in [0.25, 0.3) is 0 Å². The molecule has 2 unspecified atom stereocenters. The molecule has 0 aliphatic heterocycles. The summed E-state index contributed by atoms with van der Waals surface area (Å²) in [5, 5.41) is 26.5. The highest BCUT2D eigenvalue weighted by molar-refractivity contribution is 6.06. The number of nitro groups is 1. The van der Waals surface area contributed by atoms with Gasteiger partial charge in [-0.05, 0) is 24.3 Å². The third kappa shape index (κ3) is 1.90. The summed E-state index contributed by atoms with van der Waals surface area (Å²) in [4.78, 5) is 23.5. The number of carbonyl (C=O) groups is 1. The molecule has 2 fully saturated rings. The number of hydrogen-bond acceptors (Lipinski definition) is 5. The smallest absolute Gasteiger partial charge is 0.271 e. The van der Waals surface area contributed by atoms with Crippen molar-refractivity contribution in [1.29, 1.82) is 0 Å². The second kappa shape index (κ2) is 5.03. The van der Waals surface area contributed by atoms with E-state index in [0.29, 0.717) is 24.2 Å². The van der Waals surface area contributed by atoms with E-state index in [-0.39, 0.29) is 22.4 Å². The summed E-state index contributed by atoms with van der Waals surface area (Å²) in [6, 6.07) is 5.92. The molecule has 7 heteroatoms. The molecule has 2 aliphatic carbocycles. The van der Waals surface area contributed by atoms with E-state index in [1.807, 2.05) is 20.8 Å². The van der Waals surface area contributed by atoms with Gasteiger partial charge in [0.25, 0.3) is 5.69 Å². The molecule has 0 radical (unpaired) electrons. The zero-order valence-corrected chi connectivity index (χ0v) is 14.0. The number of anilines is 1. The van der Waals surface area contributed by atoms with Crippen LogP contribution in [0.2, 0.25) is 0 Å². The zero-order chi connectivity index (χ0) is 17.8. The summed E-state index contributed by atoms with van der Waals surface area (Å²) in [5.41, 5.74) is -0.359. The standard InChI is InChI=1S/C17H21N3O4/c1-15(2)16(3)7-8-17(15,10-13(16)19-22)14(21)18-11-5-4-6-12(9-11)20(23)24/h4-6,9,22H,7-8,10H2,1-3H3,(H,18,21)/b19-13+. The van der Waals surface area contributed by atoms with Crippen LogP contribution in [0.3, 0.4) is 0 Å². The first kappa shape index (κ1) is 16.4. The van der Waals surface area contributed by atoms with Crippen LogP contribution >= 0.6 is 0 Å². The molecule has 1 aromatic carbocycles. The molecule has 7 nitrogen and oxygen atoms in total. The fourth-order valence-corrected chi connectivity index (χ4v) is 4.48. The zero-order valence-electron chi connectivity index (χ0n) is 14.0. The number of non-ortho nitro benzene ring substituents is 1. The molecule has 2 atom stereocenters. The van der Waals surface area contributed by atoms with Crippen LogP contribution in [0.5, 0.6) is 0 Å². The summed E-state index contributed by atoms with van der Waals surface area (Å²) in [6.45, 7) is 6.11. The Hall–Kier alpha value is -2.44. The number of hydrogen-bond donors (Lipinski definition) is 2. The van der Waals surface area contributed by atoms with Gasteiger partial charge in [0.2, 0.25) is 5.91 Å². The van der Waals surface area contributed by atoms with Crippen molar-refractivity contribution in [2.75, 3.05) is 5.32 Å². The van der Waals surface area contributed by atoms with Crippen LogP contribution in [0, 0.1) is 26.4 Å². The summed E-state index contributed by atoms with van der Waals surface area (Å²) < 4.78 is 0. The fourth-order valence-electron chi connectivity index (χ4n) is 4.48. The highest BCUT2D eigenvalue weighted by atomic mass is 16.6. The van der Waals surface area contributed by atoms with E-state index < -0.39 is 10.3 Å². The van der Waals surface area contributed by atoms with Crippen molar-refractivity contribution in [1.82, 2.24) is 0 Å². The fraction of sp³-hybridized carbons (Fsp3) is 0.529. The number of amides is 1. The van der Waals surface area contributed by atoms with E-state index in [9.17, 15) is 20.1 Å². The summed E-state index contributed by atoms with van der Waals surface area (Å²) >= 11 is 0. The number of nitro benzene ring substituents is 1. The Balaban J connectivity index is 1.93. The maximum absolute atomic E-state index is 13.1. The first-order valence-electron chi connectivity index (χ1n) is 7.95. The lowest BCUT2D eigenvalue weighted by atomic mass is 9.64. The van der Waals surface area contributed by atoms with Crippen molar-refractivity contribution < 1.29 is 14.9 Å². The molecule has 1 amide bonds. The molecule has 2 saturated carbocycles. The van der Waals surface area contributed by atoms with Gasteiger partial charge in [-0.25, -0.2) is 0 Å². The molecular formula is C17H21N3O4. The maximum atomic E-state index is 13.1. The first-order valence-corrected chi connectivity index (χ1v) is 7.95. The van der Waals surface area contributed by atoms with E-state index >= 15 is 0 Å². The van der Waals surface area contributed by atoms with Crippen molar-refractivity contribution in [3.63, 3.8) is 0 Å². The van der Waals surface area contributed by atoms with Gasteiger partial charge in [0, 0.05) is 29.7 Å². The minimum Gasteiger partial charge on any atom is -0.411 e. The molecule has 0 aromatic heterocycles. The van der Waals surface area contributed by atoms with E-state index in [1.165, 1.54) is 12.1 Å². The lowest BCUT2D eigenvalue weighted by molar-refractivity contribution is -0.384. The predicted octanol–water partition coefficient (Wildman–Crippen LogP) is 3.58. The van der Waals surface area contributed by atoms with Crippen LogP contribution in [0.1, 0.15) is 40.0 Å². The van der Waals surface area contributed by atoms with Gasteiger partial charge in [0.05, 0.1) is 16.0 Å². The maximum Gasteiger partial charge on any atom is 0.271 e. The molecule has 2 bridgehead atoms. The minimum atomic E-state index is -0.673. The van der Waals surface area contributed by atoms with E-state index in [1.54, 1.807) is 12.1 Å². The van der Waals surface area contributed by atoms with Crippen molar-refractivity contribution in [3.8, 4) is 0 Å². The molecule has 0 heterocycles. The number of benzene rings is 1. The average molecular weight is 331 g/mol. The molecule has 0 saturated heterocycles. The topological polar surface area (TPSA) is 105 Å². The third-order valence-electron chi connectivity index (χ3n) is 6.60. The second-order valence-electron chi connectivity index (χ2n) is 7.52. The highest BCUT2D eigenvalue weighted by Gasteiger charge is 2.71. The van der Waals surface area contributed by atoms with Crippen molar-refractivity contribution in [2.45, 2.75) is 40.0 Å². The van der Waals surface area contributed by atoms with Crippen LogP contribution in [-0.2, 0) is 4.79 Å². The minimum absolute atomic E-state index is 0.0650. The second-order valence-corrected chi connectivity index (χ2v) is 7.52. The van der Waals surface area contributed by atoms with Gasteiger partial charge >= 0.3 is 0 Å². The van der Waals surface area contributed by atoms with Gasteiger partial charge in [-0.3, -0.25) is 14.9 Å². The third-order valence-corrected chi connectivity index (χ3v) is 6.60. The lowest BCUT2D eigenvalue weighted by Crippen LogP contribution is -2.43.